The molecular formula is C11H8N4. The molecule has 0 unspecified atom stereocenters. The van der Waals surface area contributed by atoms with Gasteiger partial charge in [0.25, 0.3) is 0 Å². The summed E-state index contributed by atoms with van der Waals surface area (Å²) in [4.78, 5) is 12.2. The van der Waals surface area contributed by atoms with E-state index >= 15 is 0 Å². The summed E-state index contributed by atoms with van der Waals surface area (Å²) in [6.45, 7) is 0. The van der Waals surface area contributed by atoms with Gasteiger partial charge in [0.2, 0.25) is 0 Å². The van der Waals surface area contributed by atoms with Gasteiger partial charge in [-0.15, -0.1) is 0 Å². The zero-order chi connectivity index (χ0) is 10.1. The third-order valence-corrected chi connectivity index (χ3v) is 2.29. The van der Waals surface area contributed by atoms with Crippen LogP contribution in [0.4, 0.5) is 0 Å². The van der Waals surface area contributed by atoms with Crippen molar-refractivity contribution >= 4 is 10.9 Å². The lowest BCUT2D eigenvalue weighted by Crippen LogP contribution is -1.90. The predicted molar refractivity (Wildman–Crippen MR) is 56.7 cm³/mol. The van der Waals surface area contributed by atoms with Gasteiger partial charge in [0.1, 0.15) is 6.33 Å². The smallest absolute Gasteiger partial charge is 0.116 e. The molecule has 2 aromatic heterocycles. The van der Waals surface area contributed by atoms with Gasteiger partial charge in [-0.05, 0) is 18.2 Å². The molecule has 4 heteroatoms. The van der Waals surface area contributed by atoms with Crippen molar-refractivity contribution in [3.63, 3.8) is 0 Å². The van der Waals surface area contributed by atoms with Gasteiger partial charge in [0, 0.05) is 29.7 Å². The van der Waals surface area contributed by atoms with Crippen LogP contribution in [0.3, 0.4) is 0 Å². The summed E-state index contributed by atoms with van der Waals surface area (Å²) >= 11 is 0. The van der Waals surface area contributed by atoms with Crippen LogP contribution in [-0.2, 0) is 0 Å². The fraction of sp³-hybridized carbons (Fsp3) is 0. The summed E-state index contributed by atoms with van der Waals surface area (Å²) in [7, 11) is 0. The van der Waals surface area contributed by atoms with Crippen molar-refractivity contribution in [3.8, 4) is 5.69 Å². The van der Waals surface area contributed by atoms with Crippen LogP contribution in [0.25, 0.3) is 16.6 Å². The van der Waals surface area contributed by atoms with E-state index in [4.69, 9.17) is 0 Å². The molecule has 0 saturated heterocycles. The number of nitrogens with zero attached hydrogens (tertiary/aromatic N) is 4. The van der Waals surface area contributed by atoms with Crippen LogP contribution in [0.5, 0.6) is 0 Å². The summed E-state index contributed by atoms with van der Waals surface area (Å²) in [5.74, 6) is 0. The molecule has 0 amide bonds. The Balaban J connectivity index is 2.22. The number of imidazole rings is 1. The predicted octanol–water partition coefficient (Wildman–Crippen LogP) is 1.82. The van der Waals surface area contributed by atoms with E-state index < -0.39 is 0 Å². The largest absolute Gasteiger partial charge is 0.306 e. The highest BCUT2D eigenvalue weighted by Crippen LogP contribution is 2.15. The lowest BCUT2D eigenvalue weighted by molar-refractivity contribution is 1.06. The van der Waals surface area contributed by atoms with Crippen LogP contribution in [0.1, 0.15) is 0 Å². The minimum atomic E-state index is 0.953. The average molecular weight is 196 g/mol. The van der Waals surface area contributed by atoms with Crippen molar-refractivity contribution in [3.05, 3.63) is 49.4 Å². The highest BCUT2D eigenvalue weighted by Gasteiger charge is 1.98. The minimum absolute atomic E-state index is 0.953. The molecule has 4 nitrogen and oxygen atoms in total. The van der Waals surface area contributed by atoms with Gasteiger partial charge in [-0.3, -0.25) is 0 Å². The molecule has 3 rings (SSSR count). The van der Waals surface area contributed by atoms with Gasteiger partial charge in [0.15, 0.2) is 0 Å². The van der Waals surface area contributed by atoms with Crippen molar-refractivity contribution < 1.29 is 0 Å². The van der Waals surface area contributed by atoms with Crippen LogP contribution in [-0.4, -0.2) is 19.5 Å². The molecule has 0 atom stereocenters. The number of hydrogen-bond donors (Lipinski definition) is 0. The van der Waals surface area contributed by atoms with Crippen LogP contribution < -0.4 is 0 Å². The minimum Gasteiger partial charge on any atom is -0.306 e. The van der Waals surface area contributed by atoms with Crippen LogP contribution in [0.15, 0.2) is 49.4 Å². The first-order valence-corrected chi connectivity index (χ1v) is 4.61. The third-order valence-electron chi connectivity index (χ3n) is 2.29. The Kier molecular flexibility index (Phi) is 1.71. The van der Waals surface area contributed by atoms with Crippen LogP contribution in [0.2, 0.25) is 0 Å². The summed E-state index contributed by atoms with van der Waals surface area (Å²) < 4.78 is 1.95. The normalized spacial score (nSPS) is 10.7. The van der Waals surface area contributed by atoms with E-state index in [-0.39, 0.29) is 0 Å². The highest BCUT2D eigenvalue weighted by molar-refractivity contribution is 5.79. The van der Waals surface area contributed by atoms with E-state index in [1.165, 1.54) is 0 Å². The molecule has 0 fully saturated rings. The number of hydrogen-bond acceptors (Lipinski definition) is 3. The summed E-state index contributed by atoms with van der Waals surface area (Å²) in [6, 6.07) is 6.03. The Morgan fingerprint density at radius 1 is 1.13 bits per heavy atom. The lowest BCUT2D eigenvalue weighted by Gasteiger charge is -2.02. The van der Waals surface area contributed by atoms with Gasteiger partial charge < -0.3 is 4.57 Å². The van der Waals surface area contributed by atoms with Crippen molar-refractivity contribution in [2.75, 3.05) is 0 Å². The maximum atomic E-state index is 4.17. The number of fused-ring (bicyclic) bond motifs is 1. The Bertz CT molecular complexity index is 586. The number of rotatable bonds is 1. The third kappa shape index (κ3) is 1.36. The molecule has 2 heterocycles. The molecule has 0 aliphatic rings. The summed E-state index contributed by atoms with van der Waals surface area (Å²) in [6.07, 6.45) is 8.80. The van der Waals surface area contributed by atoms with Gasteiger partial charge in [-0.25, -0.2) is 15.0 Å². The molecule has 1 aromatic carbocycles. The van der Waals surface area contributed by atoms with E-state index in [0.717, 1.165) is 16.6 Å². The quantitative estimate of drug-likeness (QED) is 0.596. The zero-order valence-corrected chi connectivity index (χ0v) is 7.91. The highest BCUT2D eigenvalue weighted by atomic mass is 15.0. The first-order valence-electron chi connectivity index (χ1n) is 4.61. The molecule has 0 saturated carbocycles. The first kappa shape index (κ1) is 8.11. The average Bonchev–Trinajstić information content (AvgIpc) is 2.82. The maximum absolute atomic E-state index is 4.17. The first-order chi connectivity index (χ1) is 7.43. The van der Waals surface area contributed by atoms with Gasteiger partial charge in [-0.2, -0.15) is 0 Å². The standard InChI is InChI=1S/C11H8N4/c1-2-11-9(6-13-7-14-11)5-10(1)15-4-3-12-8-15/h1-8H. The monoisotopic (exact) mass is 196 g/mol. The Hall–Kier alpha value is -2.23. The molecule has 0 aliphatic heterocycles. The van der Waals surface area contributed by atoms with Crippen LogP contribution in [0, 0.1) is 0 Å². The molecular weight excluding hydrogens is 188 g/mol. The van der Waals surface area contributed by atoms with Crippen LogP contribution >= 0.6 is 0 Å². The summed E-state index contributed by atoms with van der Waals surface area (Å²) in [5, 5.41) is 1.03. The van der Waals surface area contributed by atoms with Crippen molar-refractivity contribution in [1.82, 2.24) is 19.5 Å². The molecule has 15 heavy (non-hydrogen) atoms. The van der Waals surface area contributed by atoms with Crippen molar-refractivity contribution in [1.29, 1.82) is 0 Å². The van der Waals surface area contributed by atoms with E-state index in [2.05, 4.69) is 15.0 Å². The van der Waals surface area contributed by atoms with Gasteiger partial charge in [-0.1, -0.05) is 0 Å². The fourth-order valence-electron chi connectivity index (χ4n) is 1.54. The molecule has 0 spiro atoms. The second-order valence-corrected chi connectivity index (χ2v) is 3.24. The zero-order valence-electron chi connectivity index (χ0n) is 7.91. The molecule has 3 aromatic rings. The summed E-state index contributed by atoms with van der Waals surface area (Å²) in [5.41, 5.74) is 2.02. The molecule has 0 radical (unpaired) electrons. The van der Waals surface area contributed by atoms with Gasteiger partial charge >= 0.3 is 0 Å². The van der Waals surface area contributed by atoms with E-state index in [1.807, 2.05) is 35.2 Å². The maximum Gasteiger partial charge on any atom is 0.116 e. The van der Waals surface area contributed by atoms with E-state index in [9.17, 15) is 0 Å². The topological polar surface area (TPSA) is 43.6 Å². The molecule has 0 N–H and O–H groups in total. The molecule has 0 bridgehead atoms. The van der Waals surface area contributed by atoms with Gasteiger partial charge in [0.05, 0.1) is 11.8 Å². The fourth-order valence-corrected chi connectivity index (χ4v) is 1.54. The number of aromatic nitrogens is 4. The number of benzene rings is 1. The molecule has 0 aliphatic carbocycles. The molecule has 72 valence electrons. The Morgan fingerprint density at radius 3 is 3.00 bits per heavy atom. The SMILES string of the molecule is c1cn(-c2ccc3ncncc3c2)cn1. The van der Waals surface area contributed by atoms with Crippen molar-refractivity contribution in [2.45, 2.75) is 0 Å². The second-order valence-electron chi connectivity index (χ2n) is 3.24. The van der Waals surface area contributed by atoms with E-state index in [1.54, 1.807) is 18.9 Å². The van der Waals surface area contributed by atoms with E-state index in [0.29, 0.717) is 0 Å². The van der Waals surface area contributed by atoms with Crippen molar-refractivity contribution in [2.24, 2.45) is 0 Å². The lowest BCUT2D eigenvalue weighted by atomic mass is 10.2. The Morgan fingerprint density at radius 2 is 2.13 bits per heavy atom. The second kappa shape index (κ2) is 3.16. The Labute approximate surface area is 86.2 Å².